The Kier molecular flexibility index (Phi) is 6.09. The number of amides is 1. The van der Waals surface area contributed by atoms with Crippen molar-refractivity contribution in [1.29, 1.82) is 0 Å². The fourth-order valence-corrected chi connectivity index (χ4v) is 3.97. The quantitative estimate of drug-likeness (QED) is 0.403. The summed E-state index contributed by atoms with van der Waals surface area (Å²) in [6.45, 7) is 5.72. The van der Waals surface area contributed by atoms with Crippen molar-refractivity contribution in [2.75, 3.05) is 39.3 Å². The zero-order valence-corrected chi connectivity index (χ0v) is 18.8. The van der Waals surface area contributed by atoms with Gasteiger partial charge in [-0.2, -0.15) is 0 Å². The molecule has 0 atom stereocenters. The average Bonchev–Trinajstić information content (AvgIpc) is 3.61. The van der Waals surface area contributed by atoms with Crippen molar-refractivity contribution in [1.82, 2.24) is 19.8 Å². The molecule has 1 saturated heterocycles. The van der Waals surface area contributed by atoms with Crippen molar-refractivity contribution < 1.29 is 23.2 Å². The van der Waals surface area contributed by atoms with Gasteiger partial charge in [-0.25, -0.2) is 14.8 Å². The third kappa shape index (κ3) is 4.42. The van der Waals surface area contributed by atoms with Crippen LogP contribution in [0.2, 0.25) is 0 Å². The minimum atomic E-state index is -0.584. The second-order valence-electron chi connectivity index (χ2n) is 7.97. The molecule has 1 aromatic carbocycles. The second-order valence-corrected chi connectivity index (χ2v) is 7.97. The number of hydrogen-bond acceptors (Lipinski definition) is 8. The minimum Gasteiger partial charge on any atom is -0.463 e. The molecule has 174 valence electrons. The Bertz CT molecular complexity index is 1290. The van der Waals surface area contributed by atoms with Crippen LogP contribution in [0, 0.1) is 0 Å². The maximum absolute atomic E-state index is 12.7. The van der Waals surface area contributed by atoms with E-state index in [-0.39, 0.29) is 12.5 Å². The number of esters is 1. The molecule has 1 aliphatic heterocycles. The lowest BCUT2D eigenvalue weighted by Crippen LogP contribution is -2.49. The molecule has 9 heteroatoms. The molecule has 4 heterocycles. The lowest BCUT2D eigenvalue weighted by molar-refractivity contribution is -0.136. The maximum atomic E-state index is 12.7. The smallest absolute Gasteiger partial charge is 0.338 e. The largest absolute Gasteiger partial charge is 0.463 e. The fourth-order valence-electron chi connectivity index (χ4n) is 3.97. The van der Waals surface area contributed by atoms with Gasteiger partial charge in [-0.15, -0.1) is 0 Å². The molecule has 3 aromatic heterocycles. The predicted octanol–water partition coefficient (Wildman–Crippen LogP) is 3.47. The van der Waals surface area contributed by atoms with Crippen LogP contribution in [0.25, 0.3) is 33.9 Å². The van der Waals surface area contributed by atoms with Gasteiger partial charge in [0.15, 0.2) is 18.1 Å². The van der Waals surface area contributed by atoms with E-state index in [1.165, 1.54) is 0 Å². The van der Waals surface area contributed by atoms with E-state index in [0.29, 0.717) is 52.6 Å². The molecule has 1 amide bonds. The Morgan fingerprint density at radius 2 is 1.56 bits per heavy atom. The summed E-state index contributed by atoms with van der Waals surface area (Å²) in [6, 6.07) is 12.0. The Morgan fingerprint density at radius 3 is 2.15 bits per heavy atom. The summed E-state index contributed by atoms with van der Waals surface area (Å²) >= 11 is 0. The SMILES string of the molecule is CCN1CCN(C(=O)COC(=O)c2ccc3nc(-c4ccco4)c(-c4ccco4)nc3c2)CC1. The number of nitrogens with zero attached hydrogens (tertiary/aromatic N) is 4. The molecule has 0 unspecified atom stereocenters. The fraction of sp³-hybridized carbons (Fsp3) is 0.280. The van der Waals surface area contributed by atoms with Gasteiger partial charge in [0.1, 0.15) is 11.4 Å². The topological polar surface area (TPSA) is 102 Å². The number of furan rings is 2. The van der Waals surface area contributed by atoms with Gasteiger partial charge in [-0.1, -0.05) is 6.92 Å². The Balaban J connectivity index is 1.35. The van der Waals surface area contributed by atoms with E-state index in [1.807, 2.05) is 0 Å². The van der Waals surface area contributed by atoms with Gasteiger partial charge in [-0.3, -0.25) is 4.79 Å². The molecular formula is C25H24N4O5. The molecule has 4 aromatic rings. The average molecular weight is 460 g/mol. The van der Waals surface area contributed by atoms with E-state index in [4.69, 9.17) is 18.6 Å². The number of fused-ring (bicyclic) bond motifs is 1. The van der Waals surface area contributed by atoms with Crippen molar-refractivity contribution >= 4 is 22.9 Å². The third-order valence-corrected chi connectivity index (χ3v) is 5.91. The van der Waals surface area contributed by atoms with Gasteiger partial charge >= 0.3 is 5.97 Å². The summed E-state index contributed by atoms with van der Waals surface area (Å²) in [7, 11) is 0. The van der Waals surface area contributed by atoms with E-state index in [9.17, 15) is 9.59 Å². The molecule has 0 spiro atoms. The van der Waals surface area contributed by atoms with Crippen LogP contribution < -0.4 is 0 Å². The second kappa shape index (κ2) is 9.48. The van der Waals surface area contributed by atoms with Crippen LogP contribution in [-0.2, 0) is 9.53 Å². The highest BCUT2D eigenvalue weighted by molar-refractivity contribution is 5.95. The van der Waals surface area contributed by atoms with E-state index < -0.39 is 5.97 Å². The predicted molar refractivity (Wildman–Crippen MR) is 124 cm³/mol. The van der Waals surface area contributed by atoms with Crippen LogP contribution in [0.3, 0.4) is 0 Å². The van der Waals surface area contributed by atoms with Crippen molar-refractivity contribution in [2.24, 2.45) is 0 Å². The van der Waals surface area contributed by atoms with Gasteiger partial charge < -0.3 is 23.4 Å². The summed E-state index contributed by atoms with van der Waals surface area (Å²) < 4.78 is 16.4. The molecule has 0 saturated carbocycles. The number of aromatic nitrogens is 2. The lowest BCUT2D eigenvalue weighted by Gasteiger charge is -2.33. The Labute approximate surface area is 195 Å². The van der Waals surface area contributed by atoms with Crippen LogP contribution in [0.1, 0.15) is 17.3 Å². The molecule has 0 N–H and O–H groups in total. The van der Waals surface area contributed by atoms with Crippen LogP contribution in [0.15, 0.2) is 63.8 Å². The number of likely N-dealkylation sites (N-methyl/N-ethyl adjacent to an activating group) is 1. The monoisotopic (exact) mass is 460 g/mol. The molecule has 0 radical (unpaired) electrons. The van der Waals surface area contributed by atoms with Crippen LogP contribution in [0.4, 0.5) is 0 Å². The van der Waals surface area contributed by atoms with Crippen LogP contribution >= 0.6 is 0 Å². The van der Waals surface area contributed by atoms with Crippen molar-refractivity contribution in [3.05, 3.63) is 60.6 Å². The van der Waals surface area contributed by atoms with E-state index in [1.54, 1.807) is 59.9 Å². The van der Waals surface area contributed by atoms with E-state index in [2.05, 4.69) is 16.8 Å². The summed E-state index contributed by atoms with van der Waals surface area (Å²) in [5, 5.41) is 0. The van der Waals surface area contributed by atoms with Gasteiger partial charge in [-0.05, 0) is 49.0 Å². The van der Waals surface area contributed by atoms with Crippen molar-refractivity contribution in [3.63, 3.8) is 0 Å². The molecule has 0 aliphatic carbocycles. The molecule has 9 nitrogen and oxygen atoms in total. The number of rotatable bonds is 6. The molecule has 5 rings (SSSR count). The number of carbonyl (C=O) groups excluding carboxylic acids is 2. The Morgan fingerprint density at radius 1 is 0.912 bits per heavy atom. The first kappa shape index (κ1) is 21.8. The standard InChI is InChI=1S/C25H24N4O5/c1-2-28-9-11-29(12-10-28)22(30)16-34-25(31)17-7-8-18-19(15-17)27-24(21-6-4-14-33-21)23(26-18)20-5-3-13-32-20/h3-8,13-15H,2,9-12,16H2,1H3. The lowest BCUT2D eigenvalue weighted by atomic mass is 10.1. The maximum Gasteiger partial charge on any atom is 0.338 e. The highest BCUT2D eigenvalue weighted by Gasteiger charge is 2.22. The highest BCUT2D eigenvalue weighted by atomic mass is 16.5. The molecule has 34 heavy (non-hydrogen) atoms. The first-order valence-electron chi connectivity index (χ1n) is 11.2. The van der Waals surface area contributed by atoms with Crippen molar-refractivity contribution in [2.45, 2.75) is 6.92 Å². The Hall–Kier alpha value is -3.98. The molecule has 0 bridgehead atoms. The van der Waals surface area contributed by atoms with Gasteiger partial charge in [0.05, 0.1) is 29.1 Å². The van der Waals surface area contributed by atoms with Gasteiger partial charge in [0.2, 0.25) is 0 Å². The first-order valence-corrected chi connectivity index (χ1v) is 11.2. The minimum absolute atomic E-state index is 0.187. The van der Waals surface area contributed by atoms with Gasteiger partial charge in [0.25, 0.3) is 5.91 Å². The molecule has 1 fully saturated rings. The van der Waals surface area contributed by atoms with Gasteiger partial charge in [0, 0.05) is 26.2 Å². The number of piperazine rings is 1. The zero-order chi connectivity index (χ0) is 23.5. The van der Waals surface area contributed by atoms with Crippen LogP contribution in [-0.4, -0.2) is 71.0 Å². The number of benzene rings is 1. The summed E-state index contributed by atoms with van der Waals surface area (Å²) in [5.74, 6) is 0.317. The number of carbonyl (C=O) groups is 2. The molecular weight excluding hydrogens is 436 g/mol. The van der Waals surface area contributed by atoms with Crippen LogP contribution in [0.5, 0.6) is 0 Å². The number of ether oxygens (including phenoxy) is 1. The summed E-state index contributed by atoms with van der Waals surface area (Å²) in [6.07, 6.45) is 3.12. The first-order chi connectivity index (χ1) is 16.6. The normalized spacial score (nSPS) is 14.4. The third-order valence-electron chi connectivity index (χ3n) is 5.91. The van der Waals surface area contributed by atoms with Crippen molar-refractivity contribution in [3.8, 4) is 22.9 Å². The highest BCUT2D eigenvalue weighted by Crippen LogP contribution is 2.31. The number of hydrogen-bond donors (Lipinski definition) is 0. The summed E-state index contributed by atoms with van der Waals surface area (Å²) in [5.41, 5.74) is 2.42. The van der Waals surface area contributed by atoms with E-state index >= 15 is 0 Å². The van der Waals surface area contributed by atoms with E-state index in [0.717, 1.165) is 19.6 Å². The zero-order valence-electron chi connectivity index (χ0n) is 18.8. The molecule has 1 aliphatic rings. The summed E-state index contributed by atoms with van der Waals surface area (Å²) in [4.78, 5) is 38.5.